The maximum atomic E-state index is 13.0. The first-order valence-corrected chi connectivity index (χ1v) is 4.76. The van der Waals surface area contributed by atoms with Gasteiger partial charge in [-0.3, -0.25) is 4.98 Å². The van der Waals surface area contributed by atoms with Crippen molar-refractivity contribution in [2.75, 3.05) is 0 Å². The van der Waals surface area contributed by atoms with Gasteiger partial charge in [-0.05, 0) is 15.9 Å². The minimum absolute atomic E-state index is 0.0179. The van der Waals surface area contributed by atoms with Crippen LogP contribution in [-0.2, 0) is 0 Å². The molecule has 0 unspecified atom stereocenters. The summed E-state index contributed by atoms with van der Waals surface area (Å²) in [5, 5.41) is 9.58. The Morgan fingerprint density at radius 2 is 2.21 bits per heavy atom. The first kappa shape index (κ1) is 9.61. The Kier molecular flexibility index (Phi) is 2.28. The molecule has 3 nitrogen and oxygen atoms in total. The molecule has 6 heteroatoms. The average Bonchev–Trinajstić information content (AvgIpc) is 2.15. The van der Waals surface area contributed by atoms with Crippen molar-refractivity contribution in [3.63, 3.8) is 0 Å². The van der Waals surface area contributed by atoms with Gasteiger partial charge in [0.15, 0.2) is 11.6 Å². The van der Waals surface area contributed by atoms with Gasteiger partial charge in [-0.25, -0.2) is 9.37 Å². The van der Waals surface area contributed by atoms with E-state index in [1.807, 2.05) is 0 Å². The minimum Gasteiger partial charge on any atom is -0.504 e. The number of hydrogen-bond donors (Lipinski definition) is 1. The van der Waals surface area contributed by atoms with E-state index in [-0.39, 0.29) is 26.4 Å². The second-order valence-corrected chi connectivity index (χ2v) is 3.74. The fourth-order valence-corrected chi connectivity index (χ4v) is 1.46. The summed E-state index contributed by atoms with van der Waals surface area (Å²) < 4.78 is 13.0. The monoisotopic (exact) mass is 276 g/mol. The van der Waals surface area contributed by atoms with Crippen LogP contribution in [0.1, 0.15) is 0 Å². The maximum Gasteiger partial charge on any atom is 0.163 e. The SMILES string of the molecule is Oc1c(Cl)cnc2cc(F)c(Br)nc12. The Balaban J connectivity index is 2.89. The van der Waals surface area contributed by atoms with Gasteiger partial charge in [0.25, 0.3) is 0 Å². The molecule has 2 aromatic rings. The van der Waals surface area contributed by atoms with Crippen LogP contribution in [0, 0.1) is 5.82 Å². The van der Waals surface area contributed by atoms with E-state index >= 15 is 0 Å². The van der Waals surface area contributed by atoms with Crippen molar-refractivity contribution in [2.45, 2.75) is 0 Å². The summed E-state index contributed by atoms with van der Waals surface area (Å²) in [6, 6.07) is 1.17. The van der Waals surface area contributed by atoms with Crippen LogP contribution in [0.3, 0.4) is 0 Å². The number of halogens is 3. The smallest absolute Gasteiger partial charge is 0.163 e. The lowest BCUT2D eigenvalue weighted by atomic mass is 10.3. The number of hydrogen-bond acceptors (Lipinski definition) is 3. The summed E-state index contributed by atoms with van der Waals surface area (Å²) in [7, 11) is 0. The number of pyridine rings is 2. The zero-order valence-corrected chi connectivity index (χ0v) is 8.97. The first-order chi connectivity index (χ1) is 6.59. The lowest BCUT2D eigenvalue weighted by molar-refractivity contribution is 0.479. The van der Waals surface area contributed by atoms with Gasteiger partial charge in [0.05, 0.1) is 11.7 Å². The third kappa shape index (κ3) is 1.42. The van der Waals surface area contributed by atoms with Crippen molar-refractivity contribution in [2.24, 2.45) is 0 Å². The second kappa shape index (κ2) is 3.33. The first-order valence-electron chi connectivity index (χ1n) is 3.59. The van der Waals surface area contributed by atoms with Gasteiger partial charge in [0.2, 0.25) is 0 Å². The van der Waals surface area contributed by atoms with Gasteiger partial charge < -0.3 is 5.11 Å². The molecular formula is C8H3BrClFN2O. The molecule has 0 aromatic carbocycles. The summed E-state index contributed by atoms with van der Waals surface area (Å²) in [5.41, 5.74) is 0.429. The van der Waals surface area contributed by atoms with Crippen LogP contribution >= 0.6 is 27.5 Å². The normalized spacial score (nSPS) is 10.8. The van der Waals surface area contributed by atoms with E-state index in [1.165, 1.54) is 12.3 Å². The van der Waals surface area contributed by atoms with Gasteiger partial charge in [-0.2, -0.15) is 0 Å². The zero-order chi connectivity index (χ0) is 10.3. The molecule has 0 spiro atoms. The van der Waals surface area contributed by atoms with Gasteiger partial charge in [0, 0.05) is 6.07 Å². The van der Waals surface area contributed by atoms with Crippen molar-refractivity contribution in [1.82, 2.24) is 9.97 Å². The molecule has 0 bridgehead atoms. The summed E-state index contributed by atoms with van der Waals surface area (Å²) in [4.78, 5) is 7.61. The molecule has 0 saturated carbocycles. The molecule has 2 heterocycles. The van der Waals surface area contributed by atoms with E-state index in [1.54, 1.807) is 0 Å². The van der Waals surface area contributed by atoms with Crippen LogP contribution in [0.2, 0.25) is 5.02 Å². The largest absolute Gasteiger partial charge is 0.504 e. The van der Waals surface area contributed by atoms with E-state index < -0.39 is 5.82 Å². The topological polar surface area (TPSA) is 46.0 Å². The molecule has 2 rings (SSSR count). The Morgan fingerprint density at radius 1 is 1.50 bits per heavy atom. The molecule has 72 valence electrons. The Morgan fingerprint density at radius 3 is 2.93 bits per heavy atom. The van der Waals surface area contributed by atoms with Crippen LogP contribution in [0.4, 0.5) is 4.39 Å². The van der Waals surface area contributed by atoms with E-state index in [2.05, 4.69) is 25.9 Å². The highest BCUT2D eigenvalue weighted by Gasteiger charge is 2.10. The fourth-order valence-electron chi connectivity index (χ4n) is 1.03. The molecule has 2 aromatic heterocycles. The summed E-state index contributed by atoms with van der Waals surface area (Å²) in [6.45, 7) is 0. The van der Waals surface area contributed by atoms with Crippen molar-refractivity contribution < 1.29 is 9.50 Å². The van der Waals surface area contributed by atoms with E-state index in [0.29, 0.717) is 0 Å². The molecule has 0 aliphatic rings. The molecular weight excluding hydrogens is 274 g/mol. The Bertz CT molecular complexity index is 520. The van der Waals surface area contributed by atoms with Crippen LogP contribution < -0.4 is 0 Å². The molecule has 1 N–H and O–H groups in total. The fraction of sp³-hybridized carbons (Fsp3) is 0. The van der Waals surface area contributed by atoms with E-state index in [9.17, 15) is 9.50 Å². The number of nitrogens with zero attached hydrogens (tertiary/aromatic N) is 2. The minimum atomic E-state index is -0.535. The van der Waals surface area contributed by atoms with Gasteiger partial charge >= 0.3 is 0 Å². The van der Waals surface area contributed by atoms with Crippen LogP contribution in [0.15, 0.2) is 16.9 Å². The predicted molar refractivity (Wildman–Crippen MR) is 53.9 cm³/mol. The zero-order valence-electron chi connectivity index (χ0n) is 6.63. The van der Waals surface area contributed by atoms with Gasteiger partial charge in [-0.1, -0.05) is 11.6 Å². The number of aromatic nitrogens is 2. The third-order valence-corrected chi connectivity index (χ3v) is 2.51. The average molecular weight is 277 g/mol. The molecule has 0 fully saturated rings. The summed E-state index contributed by atoms with van der Waals surface area (Å²) >= 11 is 8.53. The molecule has 14 heavy (non-hydrogen) atoms. The number of fused-ring (bicyclic) bond motifs is 1. The number of aromatic hydroxyl groups is 1. The maximum absolute atomic E-state index is 13.0. The van der Waals surface area contributed by atoms with Gasteiger partial charge in [0.1, 0.15) is 15.1 Å². The van der Waals surface area contributed by atoms with Crippen LogP contribution in [-0.4, -0.2) is 15.1 Å². The highest BCUT2D eigenvalue weighted by molar-refractivity contribution is 9.10. The molecule has 0 aliphatic carbocycles. The van der Waals surface area contributed by atoms with Crippen molar-refractivity contribution in [1.29, 1.82) is 0 Å². The lowest BCUT2D eigenvalue weighted by Crippen LogP contribution is -1.89. The molecule has 0 amide bonds. The molecule has 0 aliphatic heterocycles. The highest BCUT2D eigenvalue weighted by Crippen LogP contribution is 2.30. The standard InChI is InChI=1S/C8H3BrClFN2O/c9-8-4(11)1-5-6(13-8)7(14)3(10)2-12-5/h1-2H,(H,12,14). The second-order valence-electron chi connectivity index (χ2n) is 2.58. The molecule has 0 atom stereocenters. The van der Waals surface area contributed by atoms with E-state index in [0.717, 1.165) is 0 Å². The van der Waals surface area contributed by atoms with Crippen LogP contribution in [0.25, 0.3) is 11.0 Å². The Hall–Kier alpha value is -0.940. The summed E-state index contributed by atoms with van der Waals surface area (Å²) in [5.74, 6) is -0.732. The highest BCUT2D eigenvalue weighted by atomic mass is 79.9. The molecule has 0 radical (unpaired) electrons. The number of rotatable bonds is 0. The Labute approximate surface area is 91.7 Å². The third-order valence-electron chi connectivity index (χ3n) is 1.68. The quantitative estimate of drug-likeness (QED) is 0.753. The van der Waals surface area contributed by atoms with Gasteiger partial charge in [-0.15, -0.1) is 0 Å². The van der Waals surface area contributed by atoms with E-state index in [4.69, 9.17) is 11.6 Å². The van der Waals surface area contributed by atoms with Crippen molar-refractivity contribution >= 4 is 38.6 Å². The van der Waals surface area contributed by atoms with Crippen LogP contribution in [0.5, 0.6) is 5.75 Å². The van der Waals surface area contributed by atoms with Crippen molar-refractivity contribution in [3.8, 4) is 5.75 Å². The summed E-state index contributed by atoms with van der Waals surface area (Å²) in [6.07, 6.45) is 1.24. The lowest BCUT2D eigenvalue weighted by Gasteiger charge is -2.02. The van der Waals surface area contributed by atoms with Crippen molar-refractivity contribution in [3.05, 3.63) is 27.7 Å². The molecule has 0 saturated heterocycles. The predicted octanol–water partition coefficient (Wildman–Crippen LogP) is 2.89.